The maximum absolute atomic E-state index is 12.3. The smallest absolute Gasteiger partial charge is 0.354 e. The molecular weight excluding hydrogens is 378 g/mol. The van der Waals surface area contributed by atoms with Crippen molar-refractivity contribution in [2.24, 2.45) is 0 Å². The number of anilines is 2. The average molecular weight is 395 g/mol. The number of benzene rings is 1. The summed E-state index contributed by atoms with van der Waals surface area (Å²) >= 11 is 0. The fourth-order valence-electron chi connectivity index (χ4n) is 1.92. The maximum Gasteiger partial charge on any atom is 0.354 e. The number of hydrogen-bond acceptors (Lipinski definition) is 9. The summed E-state index contributed by atoms with van der Waals surface area (Å²) in [5.74, 6) is -1.03. The minimum Gasteiger partial charge on any atom is -0.466 e. The molecule has 2 aromatic rings. The van der Waals surface area contributed by atoms with Gasteiger partial charge in [0.25, 0.3) is 10.0 Å². The van der Waals surface area contributed by atoms with Crippen LogP contribution in [0.2, 0.25) is 0 Å². The minimum absolute atomic E-state index is 0.0368. The summed E-state index contributed by atoms with van der Waals surface area (Å²) in [5.41, 5.74) is 0.183. The van der Waals surface area contributed by atoms with Crippen LogP contribution in [-0.2, 0) is 29.1 Å². The molecule has 2 rings (SSSR count). The van der Waals surface area contributed by atoms with Gasteiger partial charge < -0.3 is 19.3 Å². The first-order chi connectivity index (χ1) is 12.7. The average Bonchev–Trinajstić information content (AvgIpc) is 3.04. The van der Waals surface area contributed by atoms with E-state index in [1.54, 1.807) is 6.92 Å². The zero-order chi connectivity index (χ0) is 20.0. The molecule has 1 aromatic carbocycles. The van der Waals surface area contributed by atoms with Gasteiger partial charge in [-0.25, -0.2) is 18.0 Å². The van der Waals surface area contributed by atoms with Crippen LogP contribution in [0.15, 0.2) is 51.5 Å². The Balaban J connectivity index is 2.19. The van der Waals surface area contributed by atoms with Crippen molar-refractivity contribution >= 4 is 33.5 Å². The van der Waals surface area contributed by atoms with Crippen LogP contribution in [-0.4, -0.2) is 39.7 Å². The lowest BCUT2D eigenvalue weighted by atomic mass is 10.3. The molecule has 11 heteroatoms. The third-order valence-corrected chi connectivity index (χ3v) is 4.55. The summed E-state index contributed by atoms with van der Waals surface area (Å²) in [6.07, 6.45) is 0.922. The molecule has 0 amide bonds. The monoisotopic (exact) mass is 395 g/mol. The van der Waals surface area contributed by atoms with Crippen LogP contribution >= 0.6 is 0 Å². The first-order valence-electron chi connectivity index (χ1n) is 7.46. The van der Waals surface area contributed by atoms with Gasteiger partial charge in [-0.05, 0) is 31.2 Å². The SMILES string of the molecule is COC(=O)/C=C(/Nc1ccc(S(=O)(=O)Nc2cc(C)on2)cc1)C(=O)OC. The molecule has 0 aliphatic carbocycles. The fraction of sp³-hybridized carbons (Fsp3) is 0.188. The highest BCUT2D eigenvalue weighted by atomic mass is 32.2. The number of rotatable bonds is 7. The van der Waals surface area contributed by atoms with Gasteiger partial charge in [-0.1, -0.05) is 5.16 Å². The van der Waals surface area contributed by atoms with Crippen LogP contribution in [0.1, 0.15) is 5.76 Å². The summed E-state index contributed by atoms with van der Waals surface area (Å²) in [6, 6.07) is 6.89. The largest absolute Gasteiger partial charge is 0.466 e. The summed E-state index contributed by atoms with van der Waals surface area (Å²) in [4.78, 5) is 23.0. The highest BCUT2D eigenvalue weighted by Gasteiger charge is 2.17. The van der Waals surface area contributed by atoms with Crippen molar-refractivity contribution in [3.05, 3.63) is 47.9 Å². The molecule has 144 valence electrons. The van der Waals surface area contributed by atoms with Crippen molar-refractivity contribution < 1.29 is 32.0 Å². The van der Waals surface area contributed by atoms with Crippen molar-refractivity contribution in [2.75, 3.05) is 24.3 Å². The first kappa shape index (κ1) is 20.0. The Bertz CT molecular complexity index is 962. The van der Waals surface area contributed by atoms with Gasteiger partial charge in [-0.3, -0.25) is 4.72 Å². The number of aryl methyl sites for hydroxylation is 1. The van der Waals surface area contributed by atoms with Crippen LogP contribution in [0.3, 0.4) is 0 Å². The number of aromatic nitrogens is 1. The predicted molar refractivity (Wildman–Crippen MR) is 94.2 cm³/mol. The Hall–Kier alpha value is -3.34. The number of hydrogen-bond donors (Lipinski definition) is 2. The van der Waals surface area contributed by atoms with E-state index >= 15 is 0 Å². The Morgan fingerprint density at radius 1 is 1.15 bits per heavy atom. The molecule has 0 radical (unpaired) electrons. The van der Waals surface area contributed by atoms with Crippen molar-refractivity contribution in [1.29, 1.82) is 0 Å². The molecule has 0 unspecified atom stereocenters. The van der Waals surface area contributed by atoms with Gasteiger partial charge in [-0.2, -0.15) is 0 Å². The molecule has 0 aliphatic heterocycles. The van der Waals surface area contributed by atoms with Gasteiger partial charge in [0.2, 0.25) is 0 Å². The number of methoxy groups -OCH3 is 2. The lowest BCUT2D eigenvalue weighted by Gasteiger charge is -2.10. The molecule has 0 atom stereocenters. The van der Waals surface area contributed by atoms with Crippen LogP contribution in [0.5, 0.6) is 0 Å². The molecule has 2 N–H and O–H groups in total. The van der Waals surface area contributed by atoms with Gasteiger partial charge in [0.15, 0.2) is 5.82 Å². The molecule has 0 bridgehead atoms. The molecule has 0 spiro atoms. The zero-order valence-corrected chi connectivity index (χ0v) is 15.5. The van der Waals surface area contributed by atoms with Crippen LogP contribution in [0.25, 0.3) is 0 Å². The van der Waals surface area contributed by atoms with Gasteiger partial charge >= 0.3 is 11.9 Å². The number of carbonyl (C=O) groups excluding carboxylic acids is 2. The van der Waals surface area contributed by atoms with E-state index < -0.39 is 22.0 Å². The van der Waals surface area contributed by atoms with Gasteiger partial charge in [-0.15, -0.1) is 0 Å². The highest BCUT2D eigenvalue weighted by molar-refractivity contribution is 7.92. The van der Waals surface area contributed by atoms with E-state index in [2.05, 4.69) is 24.7 Å². The summed E-state index contributed by atoms with van der Waals surface area (Å²) in [7, 11) is -1.55. The van der Waals surface area contributed by atoms with E-state index in [4.69, 9.17) is 4.52 Å². The molecule has 0 saturated heterocycles. The molecule has 27 heavy (non-hydrogen) atoms. The molecule has 1 heterocycles. The Kier molecular flexibility index (Phi) is 6.19. The third-order valence-electron chi connectivity index (χ3n) is 3.18. The summed E-state index contributed by atoms with van der Waals surface area (Å²) in [6.45, 7) is 1.63. The van der Waals surface area contributed by atoms with Gasteiger partial charge in [0, 0.05) is 11.8 Å². The van der Waals surface area contributed by atoms with Crippen LogP contribution in [0, 0.1) is 6.92 Å². The number of esters is 2. The Morgan fingerprint density at radius 2 is 1.81 bits per heavy atom. The van der Waals surface area contributed by atoms with Gasteiger partial charge in [0.05, 0.1) is 25.2 Å². The molecule has 10 nitrogen and oxygen atoms in total. The normalized spacial score (nSPS) is 11.6. The van der Waals surface area contributed by atoms with E-state index in [0.717, 1.165) is 20.3 Å². The zero-order valence-electron chi connectivity index (χ0n) is 14.7. The topological polar surface area (TPSA) is 137 Å². The minimum atomic E-state index is -3.87. The number of nitrogens with one attached hydrogen (secondary N) is 2. The molecule has 0 aliphatic rings. The van der Waals surface area contributed by atoms with Crippen LogP contribution in [0.4, 0.5) is 11.5 Å². The van der Waals surface area contributed by atoms with Crippen molar-refractivity contribution in [3.8, 4) is 0 Å². The van der Waals surface area contributed by atoms with E-state index in [1.165, 1.54) is 30.3 Å². The standard InChI is InChI=1S/C16H17N3O7S/c1-10-8-14(18-26-10)19-27(22,23)12-6-4-11(5-7-12)17-13(16(21)25-3)9-15(20)24-2/h4-9,17H,1-3H3,(H,18,19)/b13-9+. The number of ether oxygens (including phenoxy) is 2. The second-order valence-electron chi connectivity index (χ2n) is 5.15. The number of nitrogens with zero attached hydrogens (tertiary/aromatic N) is 1. The lowest BCUT2D eigenvalue weighted by Crippen LogP contribution is -2.16. The predicted octanol–water partition coefficient (Wildman–Crippen LogP) is 1.43. The van der Waals surface area contributed by atoms with E-state index in [0.29, 0.717) is 11.4 Å². The van der Waals surface area contributed by atoms with Crippen molar-refractivity contribution in [2.45, 2.75) is 11.8 Å². The summed E-state index contributed by atoms with van der Waals surface area (Å²) < 4.78 is 40.8. The second-order valence-corrected chi connectivity index (χ2v) is 6.83. The van der Waals surface area contributed by atoms with Crippen molar-refractivity contribution in [1.82, 2.24) is 5.16 Å². The lowest BCUT2D eigenvalue weighted by molar-refractivity contribution is -0.138. The number of carbonyl (C=O) groups is 2. The third kappa shape index (κ3) is 5.31. The van der Waals surface area contributed by atoms with E-state index in [-0.39, 0.29) is 16.4 Å². The fourth-order valence-corrected chi connectivity index (χ4v) is 2.90. The maximum atomic E-state index is 12.3. The van der Waals surface area contributed by atoms with E-state index in [1.807, 2.05) is 0 Å². The van der Waals surface area contributed by atoms with E-state index in [9.17, 15) is 18.0 Å². The van der Waals surface area contributed by atoms with Gasteiger partial charge in [0.1, 0.15) is 11.5 Å². The summed E-state index contributed by atoms with van der Waals surface area (Å²) in [5, 5.41) is 6.24. The quantitative estimate of drug-likeness (QED) is 0.527. The highest BCUT2D eigenvalue weighted by Crippen LogP contribution is 2.19. The second kappa shape index (κ2) is 8.36. The molecule has 0 saturated carbocycles. The Morgan fingerprint density at radius 3 is 2.33 bits per heavy atom. The number of sulfonamides is 1. The molecule has 0 fully saturated rings. The molecule has 1 aromatic heterocycles. The Labute approximate surface area is 155 Å². The molecular formula is C16H17N3O7S. The van der Waals surface area contributed by atoms with Crippen molar-refractivity contribution in [3.63, 3.8) is 0 Å². The first-order valence-corrected chi connectivity index (χ1v) is 8.94. The van der Waals surface area contributed by atoms with Crippen LogP contribution < -0.4 is 10.0 Å².